The van der Waals surface area contributed by atoms with Crippen LogP contribution in [0.25, 0.3) is 5.69 Å². The second-order valence-electron chi connectivity index (χ2n) is 5.89. The third-order valence-corrected chi connectivity index (χ3v) is 6.96. The highest BCUT2D eigenvalue weighted by atomic mass is 32.2. The molecule has 0 fully saturated rings. The Morgan fingerprint density at radius 2 is 1.96 bits per heavy atom. The van der Waals surface area contributed by atoms with Crippen molar-refractivity contribution in [3.05, 3.63) is 54.0 Å². The number of thiazole rings is 1. The molecule has 0 saturated carbocycles. The monoisotopic (exact) mass is 390 g/mol. The quantitative estimate of drug-likeness (QED) is 0.667. The molecule has 26 heavy (non-hydrogen) atoms. The summed E-state index contributed by atoms with van der Waals surface area (Å²) in [6.45, 7) is 1.63. The molecule has 0 radical (unpaired) electrons. The largest absolute Gasteiger partial charge is 0.291 e. The van der Waals surface area contributed by atoms with Gasteiger partial charge in [0.1, 0.15) is 4.21 Å². The van der Waals surface area contributed by atoms with Gasteiger partial charge in [0, 0.05) is 25.7 Å². The number of likely N-dealkylation sites (N-methyl/N-ethyl adjacent to an activating group) is 1. The summed E-state index contributed by atoms with van der Waals surface area (Å²) in [5.74, 6) is -0.161. The van der Waals surface area contributed by atoms with Gasteiger partial charge in [-0.25, -0.2) is 18.1 Å². The van der Waals surface area contributed by atoms with Gasteiger partial charge < -0.3 is 0 Å². The summed E-state index contributed by atoms with van der Waals surface area (Å²) >= 11 is 1.01. The molecule has 0 aliphatic carbocycles. The van der Waals surface area contributed by atoms with Crippen LogP contribution >= 0.6 is 11.3 Å². The lowest BCUT2D eigenvalue weighted by Crippen LogP contribution is -2.27. The van der Waals surface area contributed by atoms with E-state index in [1.54, 1.807) is 24.9 Å². The molecular weight excluding hydrogens is 372 g/mol. The first kappa shape index (κ1) is 18.3. The lowest BCUT2D eigenvalue weighted by Gasteiger charge is -2.13. The maximum absolute atomic E-state index is 12.5. The third-order valence-electron chi connectivity index (χ3n) is 3.80. The number of rotatable bonds is 5. The molecule has 0 saturated heterocycles. The SMILES string of the molecule is Cc1nc(N(C)C(=O)Cc2ccc(-n3cccn3)cc2)sc1S(C)(=O)=O. The van der Waals surface area contributed by atoms with Crippen molar-refractivity contribution in [1.82, 2.24) is 14.8 Å². The van der Waals surface area contributed by atoms with Crippen molar-refractivity contribution in [3.8, 4) is 5.69 Å². The Hall–Kier alpha value is -2.52. The lowest BCUT2D eigenvalue weighted by atomic mass is 10.1. The van der Waals surface area contributed by atoms with Crippen molar-refractivity contribution >= 4 is 32.2 Å². The number of aryl methyl sites for hydroxylation is 1. The summed E-state index contributed by atoms with van der Waals surface area (Å²) < 4.78 is 25.4. The van der Waals surface area contributed by atoms with E-state index in [4.69, 9.17) is 0 Å². The molecule has 136 valence electrons. The summed E-state index contributed by atoms with van der Waals surface area (Å²) in [6.07, 6.45) is 4.88. The van der Waals surface area contributed by atoms with Crippen LogP contribution < -0.4 is 4.90 Å². The van der Waals surface area contributed by atoms with Gasteiger partial charge in [-0.1, -0.05) is 23.5 Å². The van der Waals surface area contributed by atoms with E-state index in [0.29, 0.717) is 10.8 Å². The fourth-order valence-electron chi connectivity index (χ4n) is 2.44. The van der Waals surface area contributed by atoms with Crippen LogP contribution in [-0.4, -0.2) is 42.4 Å². The Bertz CT molecular complexity index is 1020. The van der Waals surface area contributed by atoms with Crippen molar-refractivity contribution in [2.24, 2.45) is 0 Å². The molecule has 2 aromatic heterocycles. The topological polar surface area (TPSA) is 85.2 Å². The highest BCUT2D eigenvalue weighted by Gasteiger charge is 2.21. The first-order chi connectivity index (χ1) is 12.3. The number of nitrogens with zero attached hydrogens (tertiary/aromatic N) is 4. The number of hydrogen-bond acceptors (Lipinski definition) is 6. The van der Waals surface area contributed by atoms with Crippen LogP contribution in [0.4, 0.5) is 5.13 Å². The summed E-state index contributed by atoms with van der Waals surface area (Å²) in [6, 6.07) is 9.37. The number of amides is 1. The molecule has 9 heteroatoms. The van der Waals surface area contributed by atoms with Crippen LogP contribution in [-0.2, 0) is 21.1 Å². The number of benzene rings is 1. The Labute approximate surface area is 155 Å². The molecular formula is C17H18N4O3S2. The summed E-state index contributed by atoms with van der Waals surface area (Å²) in [4.78, 5) is 18.1. The van der Waals surface area contributed by atoms with Gasteiger partial charge in [-0.15, -0.1) is 0 Å². The Kier molecular flexibility index (Phi) is 4.92. The van der Waals surface area contributed by atoms with E-state index in [1.807, 2.05) is 36.5 Å². The Balaban J connectivity index is 1.73. The fourth-order valence-corrected chi connectivity index (χ4v) is 4.64. The normalized spacial score (nSPS) is 11.5. The average molecular weight is 390 g/mol. The second-order valence-corrected chi connectivity index (χ2v) is 9.08. The van der Waals surface area contributed by atoms with Crippen molar-refractivity contribution in [2.45, 2.75) is 17.6 Å². The summed E-state index contributed by atoms with van der Waals surface area (Å²) in [7, 11) is -1.75. The first-order valence-corrected chi connectivity index (χ1v) is 10.5. The predicted octanol–water partition coefficient (Wildman–Crippen LogP) is 2.25. The highest BCUT2D eigenvalue weighted by molar-refractivity contribution is 7.92. The molecule has 1 aromatic carbocycles. The zero-order valence-corrected chi connectivity index (χ0v) is 16.2. The molecule has 0 bridgehead atoms. The number of sulfone groups is 1. The van der Waals surface area contributed by atoms with E-state index < -0.39 is 9.84 Å². The van der Waals surface area contributed by atoms with Crippen molar-refractivity contribution in [3.63, 3.8) is 0 Å². The molecule has 0 unspecified atom stereocenters. The molecule has 0 aliphatic rings. The standard InChI is InChI=1S/C17H18N4O3S2/c1-12-16(26(3,23)24)25-17(19-12)20(2)15(22)11-13-5-7-14(8-6-13)21-10-4-9-18-21/h4-10H,11H2,1-3H3. The van der Waals surface area contributed by atoms with Crippen LogP contribution in [0, 0.1) is 6.92 Å². The van der Waals surface area contributed by atoms with E-state index in [-0.39, 0.29) is 16.5 Å². The minimum atomic E-state index is -3.35. The predicted molar refractivity (Wildman–Crippen MR) is 101 cm³/mol. The van der Waals surface area contributed by atoms with Crippen LogP contribution in [0.5, 0.6) is 0 Å². The number of anilines is 1. The third kappa shape index (κ3) is 3.83. The number of hydrogen-bond donors (Lipinski definition) is 0. The van der Waals surface area contributed by atoms with Crippen LogP contribution in [0.15, 0.2) is 46.9 Å². The van der Waals surface area contributed by atoms with E-state index in [0.717, 1.165) is 28.8 Å². The van der Waals surface area contributed by atoms with E-state index in [2.05, 4.69) is 10.1 Å². The van der Waals surface area contributed by atoms with Gasteiger partial charge in [0.15, 0.2) is 15.0 Å². The molecule has 2 heterocycles. The molecule has 3 rings (SSSR count). The first-order valence-electron chi connectivity index (χ1n) is 7.78. The van der Waals surface area contributed by atoms with Gasteiger partial charge in [-0.2, -0.15) is 5.10 Å². The second kappa shape index (κ2) is 7.00. The van der Waals surface area contributed by atoms with Crippen LogP contribution in [0.2, 0.25) is 0 Å². The highest BCUT2D eigenvalue weighted by Crippen LogP contribution is 2.29. The fraction of sp³-hybridized carbons (Fsp3) is 0.235. The molecule has 0 spiro atoms. The lowest BCUT2D eigenvalue weighted by molar-refractivity contribution is -0.117. The molecule has 1 amide bonds. The van der Waals surface area contributed by atoms with E-state index in [9.17, 15) is 13.2 Å². The van der Waals surface area contributed by atoms with Crippen molar-refractivity contribution in [2.75, 3.05) is 18.2 Å². The van der Waals surface area contributed by atoms with Gasteiger partial charge in [0.2, 0.25) is 5.91 Å². The smallest absolute Gasteiger partial charge is 0.232 e. The van der Waals surface area contributed by atoms with Gasteiger partial charge in [-0.3, -0.25) is 9.69 Å². The van der Waals surface area contributed by atoms with Gasteiger partial charge in [0.25, 0.3) is 0 Å². The number of carbonyl (C=O) groups is 1. The number of carbonyl (C=O) groups excluding carboxylic acids is 1. The van der Waals surface area contributed by atoms with Gasteiger partial charge >= 0.3 is 0 Å². The average Bonchev–Trinajstić information content (AvgIpc) is 3.24. The maximum atomic E-state index is 12.5. The minimum absolute atomic E-state index is 0.161. The van der Waals surface area contributed by atoms with Gasteiger partial charge in [0.05, 0.1) is 17.8 Å². The van der Waals surface area contributed by atoms with E-state index in [1.165, 1.54) is 4.90 Å². The zero-order valence-electron chi connectivity index (χ0n) is 14.6. The summed E-state index contributed by atoms with van der Waals surface area (Å²) in [5.41, 5.74) is 2.18. The van der Waals surface area contributed by atoms with Gasteiger partial charge in [-0.05, 0) is 30.7 Å². The van der Waals surface area contributed by atoms with Crippen molar-refractivity contribution in [1.29, 1.82) is 0 Å². The Morgan fingerprint density at radius 3 is 2.50 bits per heavy atom. The molecule has 0 aliphatic heterocycles. The molecule has 7 nitrogen and oxygen atoms in total. The van der Waals surface area contributed by atoms with Crippen molar-refractivity contribution < 1.29 is 13.2 Å². The van der Waals surface area contributed by atoms with E-state index >= 15 is 0 Å². The molecule has 0 atom stereocenters. The zero-order chi connectivity index (χ0) is 18.9. The molecule has 3 aromatic rings. The summed E-state index contributed by atoms with van der Waals surface area (Å²) in [5, 5.41) is 4.54. The number of aromatic nitrogens is 3. The Morgan fingerprint density at radius 1 is 1.27 bits per heavy atom. The minimum Gasteiger partial charge on any atom is -0.291 e. The maximum Gasteiger partial charge on any atom is 0.232 e. The molecule has 0 N–H and O–H groups in total. The van der Waals surface area contributed by atoms with Crippen LogP contribution in [0.3, 0.4) is 0 Å². The van der Waals surface area contributed by atoms with Crippen LogP contribution in [0.1, 0.15) is 11.3 Å².